The third-order valence-corrected chi connectivity index (χ3v) is 16.6. The number of hydrogen-bond acceptors (Lipinski definition) is 5. The molecule has 282 valence electrons. The molecule has 1 heterocycles. The van der Waals surface area contributed by atoms with Crippen molar-refractivity contribution in [2.45, 2.75) is 152 Å². The van der Waals surface area contributed by atoms with Crippen molar-refractivity contribution in [2.75, 3.05) is 0 Å². The predicted octanol–water partition coefficient (Wildman–Crippen LogP) is 9.50. The first-order chi connectivity index (χ1) is 23.6. The van der Waals surface area contributed by atoms with Crippen LogP contribution in [-0.2, 0) is 24.7 Å². The van der Waals surface area contributed by atoms with Crippen LogP contribution in [0.2, 0.25) is 0 Å². The number of rotatable bonds is 8. The van der Waals surface area contributed by atoms with Crippen LogP contribution in [0.25, 0.3) is 0 Å². The maximum atomic E-state index is 14.8. The van der Waals surface area contributed by atoms with Gasteiger partial charge in [0.25, 0.3) is 0 Å². The van der Waals surface area contributed by atoms with Crippen LogP contribution >= 0.6 is 0 Å². The highest BCUT2D eigenvalue weighted by Gasteiger charge is 2.72. The summed E-state index contributed by atoms with van der Waals surface area (Å²) in [6, 6.07) is 5.93. The maximum Gasteiger partial charge on any atom is 0.309 e. The monoisotopic (exact) mass is 702 g/mol. The highest BCUT2D eigenvalue weighted by atomic mass is 16.5. The number of nitrogens with one attached hydrogen (secondary N) is 1. The number of amides is 1. The number of carbonyl (C=O) groups excluding carboxylic acids is 2. The third-order valence-electron chi connectivity index (χ3n) is 16.6. The van der Waals surface area contributed by atoms with Gasteiger partial charge in [-0.25, -0.2) is 0 Å². The standard InChI is InChI=1S/C44H66N2O5/c1-27(2)28-17-22-44(36(48)46-40(7,8)32-14-12-13-25-45-32)24-23-42(10)29(35(28)44)15-16-31-41(9)20-19-33(51-34(47)26-38(3,4)37(49)50)39(5,6)30(41)18-21-43(31,42)11/h12-14,25,28-31,33,35H,1,15-24,26H2,2-11H3,(H,46,48)(H,49,50)/t28?,29?,30?,31?,33?,35?,41?,42-,43?,44?/m1/s1. The van der Waals surface area contributed by atoms with Gasteiger partial charge in [-0.15, -0.1) is 0 Å². The summed E-state index contributed by atoms with van der Waals surface area (Å²) in [5.41, 5.74) is 0.116. The van der Waals surface area contributed by atoms with Crippen LogP contribution in [0.15, 0.2) is 36.5 Å². The zero-order chi connectivity index (χ0) is 37.6. The quantitative estimate of drug-likeness (QED) is 0.207. The largest absolute Gasteiger partial charge is 0.481 e. The molecule has 1 aromatic heterocycles. The first kappa shape index (κ1) is 38.0. The number of carboxylic acids is 1. The lowest BCUT2D eigenvalue weighted by Crippen LogP contribution is -2.67. The number of pyridine rings is 1. The van der Waals surface area contributed by atoms with Gasteiger partial charge >= 0.3 is 11.9 Å². The van der Waals surface area contributed by atoms with Gasteiger partial charge in [0.15, 0.2) is 0 Å². The number of nitrogens with zero attached hydrogens (tertiary/aromatic N) is 1. The molecular formula is C44H66N2O5. The van der Waals surface area contributed by atoms with Gasteiger partial charge in [0.1, 0.15) is 6.10 Å². The van der Waals surface area contributed by atoms with Gasteiger partial charge in [0.2, 0.25) is 5.91 Å². The van der Waals surface area contributed by atoms with E-state index in [1.807, 2.05) is 18.2 Å². The minimum absolute atomic E-state index is 0.1000. The lowest BCUT2D eigenvalue weighted by molar-refractivity contribution is -0.249. The van der Waals surface area contributed by atoms with E-state index in [1.54, 1.807) is 20.0 Å². The fourth-order valence-corrected chi connectivity index (χ4v) is 13.6. The second kappa shape index (κ2) is 12.4. The molecule has 0 saturated heterocycles. The van der Waals surface area contributed by atoms with E-state index in [0.717, 1.165) is 69.9 Å². The first-order valence-corrected chi connectivity index (χ1v) is 19.9. The molecule has 1 aromatic rings. The Hall–Kier alpha value is -2.70. The number of carboxylic acid groups (broad SMARTS) is 1. The highest BCUT2D eigenvalue weighted by Crippen LogP contribution is 2.77. The molecule has 51 heavy (non-hydrogen) atoms. The molecule has 0 aliphatic heterocycles. The molecule has 0 spiro atoms. The number of allylic oxidation sites excluding steroid dienone is 1. The Bertz CT molecular complexity index is 1570. The molecular weight excluding hydrogens is 636 g/mol. The summed E-state index contributed by atoms with van der Waals surface area (Å²) < 4.78 is 6.18. The number of fused-ring (bicyclic) bond motifs is 7. The second-order valence-corrected chi connectivity index (χ2v) is 20.3. The van der Waals surface area contributed by atoms with E-state index in [1.165, 1.54) is 5.57 Å². The van der Waals surface area contributed by atoms with Crippen molar-refractivity contribution < 1.29 is 24.2 Å². The lowest BCUT2D eigenvalue weighted by Gasteiger charge is -2.73. The van der Waals surface area contributed by atoms with E-state index in [0.29, 0.717) is 23.7 Å². The van der Waals surface area contributed by atoms with E-state index >= 15 is 0 Å². The van der Waals surface area contributed by atoms with Crippen molar-refractivity contribution in [2.24, 2.45) is 62.1 Å². The summed E-state index contributed by atoms with van der Waals surface area (Å²) in [7, 11) is 0. The Morgan fingerprint density at radius 1 is 0.902 bits per heavy atom. The van der Waals surface area contributed by atoms with Gasteiger partial charge < -0.3 is 15.2 Å². The minimum Gasteiger partial charge on any atom is -0.481 e. The normalized spacial score (nSPS) is 40.1. The Kier molecular flexibility index (Phi) is 9.27. The highest BCUT2D eigenvalue weighted by molar-refractivity contribution is 5.84. The molecule has 1 amide bonds. The number of ether oxygens (including phenoxy) is 1. The number of aromatic nitrogens is 1. The molecule has 0 aromatic carbocycles. The summed E-state index contributed by atoms with van der Waals surface area (Å²) in [4.78, 5) is 44.2. The molecule has 7 nitrogen and oxygen atoms in total. The molecule has 9 unspecified atom stereocenters. The van der Waals surface area contributed by atoms with Crippen molar-refractivity contribution in [1.29, 1.82) is 0 Å². The van der Waals surface area contributed by atoms with Gasteiger partial charge in [0.05, 0.1) is 28.5 Å². The Morgan fingerprint density at radius 3 is 2.24 bits per heavy atom. The Labute approximate surface area is 307 Å². The number of esters is 1. The van der Waals surface area contributed by atoms with E-state index in [-0.39, 0.29) is 46.0 Å². The Balaban J connectivity index is 1.27. The second-order valence-electron chi connectivity index (χ2n) is 20.3. The number of hydrogen-bond donors (Lipinski definition) is 2. The summed E-state index contributed by atoms with van der Waals surface area (Å²) >= 11 is 0. The molecule has 10 atom stereocenters. The molecule has 5 aliphatic rings. The minimum atomic E-state index is -1.15. The van der Waals surface area contributed by atoms with Crippen LogP contribution in [-0.4, -0.2) is 34.0 Å². The van der Waals surface area contributed by atoms with Gasteiger partial charge in [0, 0.05) is 11.6 Å². The van der Waals surface area contributed by atoms with Crippen molar-refractivity contribution in [3.63, 3.8) is 0 Å². The Morgan fingerprint density at radius 2 is 1.61 bits per heavy atom. The van der Waals surface area contributed by atoms with E-state index in [9.17, 15) is 19.5 Å². The van der Waals surface area contributed by atoms with Gasteiger partial charge in [-0.05, 0) is 157 Å². The summed E-state index contributed by atoms with van der Waals surface area (Å²) in [5.74, 6) is 0.840. The molecule has 5 saturated carbocycles. The zero-order valence-corrected chi connectivity index (χ0v) is 33.3. The SMILES string of the molecule is C=C(C)C1CCC2(C(=O)NC(C)(C)c3ccccn3)CC[C@]3(C)C(CCC4C5(C)CCC(OC(=O)CC(C)(C)C(=O)O)C(C)(C)C5CCC43C)C12. The molecule has 7 heteroatoms. The molecule has 5 fully saturated rings. The first-order valence-electron chi connectivity index (χ1n) is 19.9. The van der Waals surface area contributed by atoms with Gasteiger partial charge in [-0.2, -0.15) is 0 Å². The fourth-order valence-electron chi connectivity index (χ4n) is 13.6. The van der Waals surface area contributed by atoms with Crippen LogP contribution in [0.5, 0.6) is 0 Å². The maximum absolute atomic E-state index is 14.8. The topological polar surface area (TPSA) is 106 Å². The molecule has 2 N–H and O–H groups in total. The number of carbonyl (C=O) groups is 3. The van der Waals surface area contributed by atoms with Crippen LogP contribution in [0, 0.1) is 62.1 Å². The fraction of sp³-hybridized carbons (Fsp3) is 0.773. The zero-order valence-electron chi connectivity index (χ0n) is 33.3. The van der Waals surface area contributed by atoms with Crippen LogP contribution in [0.4, 0.5) is 0 Å². The lowest BCUT2D eigenvalue weighted by atomic mass is 9.32. The summed E-state index contributed by atoms with van der Waals surface area (Å²) in [6.07, 6.45) is 11.7. The van der Waals surface area contributed by atoms with Crippen LogP contribution in [0.3, 0.4) is 0 Å². The average Bonchev–Trinajstić information content (AvgIpc) is 3.44. The van der Waals surface area contributed by atoms with Crippen LogP contribution in [0.1, 0.15) is 146 Å². The smallest absolute Gasteiger partial charge is 0.309 e. The molecule has 5 aliphatic carbocycles. The molecule has 0 bridgehead atoms. The van der Waals surface area contributed by atoms with Crippen molar-refractivity contribution in [3.8, 4) is 0 Å². The van der Waals surface area contributed by atoms with E-state index in [4.69, 9.17) is 4.74 Å². The van der Waals surface area contributed by atoms with Crippen LogP contribution < -0.4 is 5.32 Å². The third kappa shape index (κ3) is 5.72. The van der Waals surface area contributed by atoms with E-state index < -0.39 is 28.3 Å². The predicted molar refractivity (Wildman–Crippen MR) is 200 cm³/mol. The van der Waals surface area contributed by atoms with Crippen molar-refractivity contribution in [3.05, 3.63) is 42.2 Å². The van der Waals surface area contributed by atoms with Gasteiger partial charge in [-0.1, -0.05) is 52.8 Å². The van der Waals surface area contributed by atoms with Crippen molar-refractivity contribution in [1.82, 2.24) is 10.3 Å². The summed E-state index contributed by atoms with van der Waals surface area (Å²) in [5, 5.41) is 13.1. The summed E-state index contributed by atoms with van der Waals surface area (Å²) in [6.45, 7) is 26.4. The average molecular weight is 703 g/mol. The number of aliphatic carboxylic acids is 1. The van der Waals surface area contributed by atoms with Gasteiger partial charge in [-0.3, -0.25) is 19.4 Å². The van der Waals surface area contributed by atoms with Crippen molar-refractivity contribution >= 4 is 17.8 Å². The molecule has 6 rings (SSSR count). The molecule has 0 radical (unpaired) electrons. The van der Waals surface area contributed by atoms with E-state index in [2.05, 4.69) is 72.3 Å².